The molecule has 0 aliphatic heterocycles. The van der Waals surface area contributed by atoms with Gasteiger partial charge >= 0.3 is 0 Å². The van der Waals surface area contributed by atoms with Crippen LogP contribution in [-0.2, 0) is 0 Å². The van der Waals surface area contributed by atoms with Crippen LogP contribution < -0.4 is 17.2 Å². The van der Waals surface area contributed by atoms with Gasteiger partial charge in [-0.2, -0.15) is 0 Å². The first-order valence-corrected chi connectivity index (χ1v) is 8.67. The number of benzene rings is 1. The topological polar surface area (TPSA) is 129 Å². The first-order chi connectivity index (χ1) is 11.5. The third-order valence-corrected chi connectivity index (χ3v) is 4.20. The number of nitrogens with two attached hydrogens (primary N) is 3. The Balaban J connectivity index is 4.06. The number of hydrogen-bond acceptors (Lipinski definition) is 6. The first-order valence-electron chi connectivity index (χ1n) is 8.67. The van der Waals surface area contributed by atoms with Gasteiger partial charge in [-0.25, -0.2) is 0 Å². The van der Waals surface area contributed by atoms with Crippen molar-refractivity contribution >= 4 is 34.4 Å². The molecule has 0 aliphatic rings. The smallest absolute Gasteiger partial charge is 0.172 e. The van der Waals surface area contributed by atoms with Gasteiger partial charge in [0.05, 0.1) is 33.8 Å². The average molecular weight is 361 g/mol. The lowest BCUT2D eigenvalue weighted by Crippen LogP contribution is -2.29. The zero-order valence-corrected chi connectivity index (χ0v) is 17.0. The fraction of sp³-hybridized carbons (Fsp3) is 0.550. The van der Waals surface area contributed by atoms with Crippen LogP contribution in [-0.4, -0.2) is 17.3 Å². The zero-order chi connectivity index (χ0) is 20.8. The summed E-state index contributed by atoms with van der Waals surface area (Å²) in [6, 6.07) is 0. The largest absolute Gasteiger partial charge is 0.397 e. The Labute approximate surface area is 155 Å². The summed E-state index contributed by atoms with van der Waals surface area (Å²) in [5, 5.41) is 0. The van der Waals surface area contributed by atoms with Crippen LogP contribution in [0.3, 0.4) is 0 Å². The van der Waals surface area contributed by atoms with Crippen molar-refractivity contribution < 1.29 is 14.4 Å². The third kappa shape index (κ3) is 3.74. The molecule has 1 rings (SSSR count). The minimum atomic E-state index is -0.793. The lowest BCUT2D eigenvalue weighted by Gasteiger charge is -2.26. The number of carbonyl (C=O) groups excluding carboxylic acids is 3. The molecule has 144 valence electrons. The molecule has 0 amide bonds. The van der Waals surface area contributed by atoms with E-state index in [1.165, 1.54) is 0 Å². The van der Waals surface area contributed by atoms with Crippen LogP contribution >= 0.6 is 0 Å². The maximum Gasteiger partial charge on any atom is 0.172 e. The molecule has 6 nitrogen and oxygen atoms in total. The van der Waals surface area contributed by atoms with E-state index in [2.05, 4.69) is 0 Å². The third-order valence-electron chi connectivity index (χ3n) is 4.20. The summed E-state index contributed by atoms with van der Waals surface area (Å²) in [4.78, 5) is 38.7. The molecule has 0 fully saturated rings. The van der Waals surface area contributed by atoms with Gasteiger partial charge in [-0.3, -0.25) is 14.4 Å². The number of hydrogen-bond donors (Lipinski definition) is 3. The lowest BCUT2D eigenvalue weighted by molar-refractivity contribution is 0.0859. The van der Waals surface area contributed by atoms with Gasteiger partial charge in [-0.15, -0.1) is 0 Å². The second kappa shape index (κ2) is 6.74. The molecule has 0 saturated heterocycles. The van der Waals surface area contributed by atoms with Gasteiger partial charge in [0.25, 0.3) is 0 Å². The van der Waals surface area contributed by atoms with E-state index in [1.807, 2.05) is 0 Å². The quantitative estimate of drug-likeness (QED) is 0.553. The van der Waals surface area contributed by atoms with E-state index >= 15 is 0 Å². The molecule has 1 aromatic carbocycles. The Morgan fingerprint density at radius 2 is 0.923 bits per heavy atom. The van der Waals surface area contributed by atoms with Crippen LogP contribution in [0.1, 0.15) is 86.5 Å². The maximum atomic E-state index is 13.0. The lowest BCUT2D eigenvalue weighted by atomic mass is 9.78. The Hall–Kier alpha value is -2.37. The number of ketones is 3. The van der Waals surface area contributed by atoms with Crippen LogP contribution in [0.4, 0.5) is 17.1 Å². The minimum absolute atomic E-state index is 0.00306. The maximum absolute atomic E-state index is 13.0. The minimum Gasteiger partial charge on any atom is -0.397 e. The van der Waals surface area contributed by atoms with Gasteiger partial charge in [0.15, 0.2) is 17.3 Å². The molecular formula is C20H31N3O3. The van der Waals surface area contributed by atoms with Gasteiger partial charge in [0.1, 0.15) is 0 Å². The highest BCUT2D eigenvalue weighted by Crippen LogP contribution is 2.41. The van der Waals surface area contributed by atoms with Gasteiger partial charge in [0, 0.05) is 16.7 Å². The highest BCUT2D eigenvalue weighted by molar-refractivity contribution is 6.22. The van der Waals surface area contributed by atoms with E-state index in [4.69, 9.17) is 17.2 Å². The van der Waals surface area contributed by atoms with E-state index in [1.54, 1.807) is 55.4 Å². The summed E-state index contributed by atoms with van der Waals surface area (Å²) in [6.45, 7) is 13.7. The van der Waals surface area contributed by atoms with Gasteiger partial charge in [-0.1, -0.05) is 55.4 Å². The average Bonchev–Trinajstić information content (AvgIpc) is 2.44. The number of nitrogen functional groups attached to an aromatic ring is 3. The Morgan fingerprint density at radius 3 is 1.15 bits per heavy atom. The molecule has 0 aromatic heterocycles. The van der Waals surface area contributed by atoms with Crippen molar-refractivity contribution in [2.24, 2.45) is 16.7 Å². The monoisotopic (exact) mass is 361 g/mol. The second-order valence-electron chi connectivity index (χ2n) is 9.04. The van der Waals surface area contributed by atoms with Gasteiger partial charge < -0.3 is 17.2 Å². The molecule has 0 heterocycles. The van der Waals surface area contributed by atoms with Crippen molar-refractivity contribution in [1.82, 2.24) is 0 Å². The van der Waals surface area contributed by atoms with E-state index in [-0.39, 0.29) is 51.1 Å². The molecule has 6 heteroatoms. The predicted molar refractivity (Wildman–Crippen MR) is 106 cm³/mol. The molecule has 0 bridgehead atoms. The summed E-state index contributed by atoms with van der Waals surface area (Å²) in [6.07, 6.45) is 0. The number of rotatable bonds is 4. The van der Waals surface area contributed by atoms with E-state index in [0.29, 0.717) is 0 Å². The first kappa shape index (κ1) is 21.7. The SMILES string of the molecule is CC(C)C(=O)c1c(N)c(C(=O)C(C)(C)C)c(N)c(C(=O)C(C)(C)C)c1N. The Kier molecular flexibility index (Phi) is 5.62. The molecule has 0 atom stereocenters. The van der Waals surface area contributed by atoms with Crippen molar-refractivity contribution in [1.29, 1.82) is 0 Å². The molecule has 0 unspecified atom stereocenters. The predicted octanol–water partition coefficient (Wildman–Crippen LogP) is 3.73. The highest BCUT2D eigenvalue weighted by atomic mass is 16.1. The van der Waals surface area contributed by atoms with Crippen molar-refractivity contribution in [3.05, 3.63) is 16.7 Å². The van der Waals surface area contributed by atoms with Gasteiger partial charge in [-0.05, 0) is 0 Å². The summed E-state index contributed by atoms with van der Waals surface area (Å²) >= 11 is 0. The number of carbonyl (C=O) groups is 3. The van der Waals surface area contributed by atoms with Gasteiger partial charge in [0.2, 0.25) is 0 Å². The number of anilines is 3. The summed E-state index contributed by atoms with van der Waals surface area (Å²) in [5.74, 6) is -1.41. The van der Waals surface area contributed by atoms with E-state index in [0.717, 1.165) is 0 Å². The van der Waals surface area contributed by atoms with Crippen molar-refractivity contribution in [2.45, 2.75) is 55.4 Å². The zero-order valence-electron chi connectivity index (χ0n) is 17.0. The standard InChI is InChI=1S/C20H31N3O3/c1-9(2)16(24)10-13(21)11(17(25)19(3,4)5)15(23)12(14(10)22)18(26)20(6,7)8/h9H,21-23H2,1-8H3. The summed E-state index contributed by atoms with van der Waals surface area (Å²) < 4.78 is 0. The number of Topliss-reactive ketones (excluding diaryl/α,β-unsaturated/α-hetero) is 3. The van der Waals surface area contributed by atoms with E-state index in [9.17, 15) is 14.4 Å². The van der Waals surface area contributed by atoms with Crippen molar-refractivity contribution in [3.8, 4) is 0 Å². The molecule has 26 heavy (non-hydrogen) atoms. The summed E-state index contributed by atoms with van der Waals surface area (Å²) in [7, 11) is 0. The van der Waals surface area contributed by atoms with Crippen LogP contribution in [0.25, 0.3) is 0 Å². The molecule has 1 aromatic rings. The second-order valence-corrected chi connectivity index (χ2v) is 9.04. The van der Waals surface area contributed by atoms with Crippen LogP contribution in [0.15, 0.2) is 0 Å². The molecule has 6 N–H and O–H groups in total. The van der Waals surface area contributed by atoms with E-state index < -0.39 is 16.7 Å². The molecule has 0 spiro atoms. The Morgan fingerprint density at radius 1 is 0.654 bits per heavy atom. The van der Waals surface area contributed by atoms with Crippen molar-refractivity contribution in [2.75, 3.05) is 17.2 Å². The van der Waals surface area contributed by atoms with Crippen LogP contribution in [0.5, 0.6) is 0 Å². The molecule has 0 saturated carbocycles. The van der Waals surface area contributed by atoms with Crippen LogP contribution in [0.2, 0.25) is 0 Å². The van der Waals surface area contributed by atoms with Crippen LogP contribution in [0, 0.1) is 16.7 Å². The molecule has 0 radical (unpaired) electrons. The highest BCUT2D eigenvalue weighted by Gasteiger charge is 2.36. The fourth-order valence-electron chi connectivity index (χ4n) is 2.60. The Bertz CT molecular complexity index is 726. The molecule has 0 aliphatic carbocycles. The molecular weight excluding hydrogens is 330 g/mol. The fourth-order valence-corrected chi connectivity index (χ4v) is 2.60. The van der Waals surface area contributed by atoms with Crippen molar-refractivity contribution in [3.63, 3.8) is 0 Å². The summed E-state index contributed by atoms with van der Waals surface area (Å²) in [5.41, 5.74) is 16.9. The normalized spacial score (nSPS) is 12.3.